The summed E-state index contributed by atoms with van der Waals surface area (Å²) in [6.45, 7) is 13.5. The predicted octanol–water partition coefficient (Wildman–Crippen LogP) is 3.51. The van der Waals surface area contributed by atoms with Crippen molar-refractivity contribution in [3.8, 4) is 0 Å². The van der Waals surface area contributed by atoms with Gasteiger partial charge in [-0.1, -0.05) is 27.7 Å². The lowest BCUT2D eigenvalue weighted by Crippen LogP contribution is -2.46. The number of hydrogen-bond acceptors (Lipinski definition) is 6. The maximum atomic E-state index is 13.7. The van der Waals surface area contributed by atoms with Gasteiger partial charge in [0.05, 0.1) is 22.8 Å². The van der Waals surface area contributed by atoms with E-state index >= 15 is 0 Å². The van der Waals surface area contributed by atoms with Crippen LogP contribution in [0.25, 0.3) is 0 Å². The van der Waals surface area contributed by atoms with Gasteiger partial charge < -0.3 is 9.64 Å². The lowest BCUT2D eigenvalue weighted by Gasteiger charge is -2.38. The SMILES string of the molecule is CC(C)CN(CC(C)C)S(=O)(=O)c1cc([N+](=O)[O-])ccc1N1C[C@H](C)O[C@@H](C)C1. The summed E-state index contributed by atoms with van der Waals surface area (Å²) >= 11 is 0. The first kappa shape index (κ1) is 23.6. The summed E-state index contributed by atoms with van der Waals surface area (Å²) in [5.41, 5.74) is 0.269. The molecule has 0 saturated carbocycles. The first-order chi connectivity index (χ1) is 13.4. The third kappa shape index (κ3) is 5.90. The Labute approximate surface area is 174 Å². The molecule has 0 N–H and O–H groups in total. The number of hydrogen-bond donors (Lipinski definition) is 0. The molecule has 2 atom stereocenters. The summed E-state index contributed by atoms with van der Waals surface area (Å²) in [4.78, 5) is 12.8. The molecule has 1 heterocycles. The highest BCUT2D eigenvalue weighted by Crippen LogP contribution is 2.34. The molecule has 164 valence electrons. The van der Waals surface area contributed by atoms with Crippen LogP contribution in [0, 0.1) is 22.0 Å². The summed E-state index contributed by atoms with van der Waals surface area (Å²) in [5, 5.41) is 11.4. The van der Waals surface area contributed by atoms with Gasteiger partial charge >= 0.3 is 0 Å². The van der Waals surface area contributed by atoms with Crippen molar-refractivity contribution in [2.24, 2.45) is 11.8 Å². The highest BCUT2D eigenvalue weighted by atomic mass is 32.2. The smallest absolute Gasteiger partial charge is 0.270 e. The quantitative estimate of drug-likeness (QED) is 0.466. The summed E-state index contributed by atoms with van der Waals surface area (Å²) in [7, 11) is -3.92. The number of nitrogens with zero attached hydrogens (tertiary/aromatic N) is 3. The molecule has 0 aromatic heterocycles. The maximum absolute atomic E-state index is 13.7. The molecule has 0 radical (unpaired) electrons. The molecule has 29 heavy (non-hydrogen) atoms. The number of non-ortho nitro benzene ring substituents is 1. The molecule has 1 aliphatic rings. The summed E-state index contributed by atoms with van der Waals surface area (Å²) in [6.07, 6.45) is -0.126. The zero-order valence-corrected chi connectivity index (χ0v) is 19.0. The van der Waals surface area contributed by atoms with Gasteiger partial charge in [0, 0.05) is 38.3 Å². The van der Waals surface area contributed by atoms with Gasteiger partial charge in [0.1, 0.15) is 4.90 Å². The molecule has 0 bridgehead atoms. The molecule has 0 amide bonds. The van der Waals surface area contributed by atoms with Crippen molar-refractivity contribution in [3.63, 3.8) is 0 Å². The molecule has 0 unspecified atom stereocenters. The Morgan fingerprint density at radius 3 is 2.10 bits per heavy atom. The number of anilines is 1. The van der Waals surface area contributed by atoms with E-state index in [9.17, 15) is 18.5 Å². The zero-order valence-electron chi connectivity index (χ0n) is 18.2. The number of morpholine rings is 1. The second-order valence-electron chi connectivity index (χ2n) is 8.68. The van der Waals surface area contributed by atoms with Crippen LogP contribution >= 0.6 is 0 Å². The second kappa shape index (κ2) is 9.40. The number of ether oxygens (including phenoxy) is 1. The Hall–Kier alpha value is -1.71. The number of nitro groups is 1. The van der Waals surface area contributed by atoms with Crippen LogP contribution in [0.4, 0.5) is 11.4 Å². The Morgan fingerprint density at radius 2 is 1.66 bits per heavy atom. The summed E-state index contributed by atoms with van der Waals surface area (Å²) in [5.74, 6) is 0.267. The third-order valence-electron chi connectivity index (χ3n) is 4.67. The van der Waals surface area contributed by atoms with E-state index in [1.54, 1.807) is 6.07 Å². The molecule has 2 rings (SSSR count). The third-order valence-corrected chi connectivity index (χ3v) is 6.53. The molecule has 1 aromatic carbocycles. The van der Waals surface area contributed by atoms with Crippen molar-refractivity contribution in [1.82, 2.24) is 4.31 Å². The Balaban J connectivity index is 2.59. The van der Waals surface area contributed by atoms with Crippen LogP contribution in [-0.4, -0.2) is 56.0 Å². The van der Waals surface area contributed by atoms with E-state index in [2.05, 4.69) is 0 Å². The molecular formula is C20H33N3O5S. The molecule has 1 aromatic rings. The van der Waals surface area contributed by atoms with Gasteiger partial charge in [-0.05, 0) is 31.7 Å². The normalized spacial score (nSPS) is 20.7. The van der Waals surface area contributed by atoms with E-state index in [0.29, 0.717) is 31.9 Å². The van der Waals surface area contributed by atoms with E-state index in [1.807, 2.05) is 46.4 Å². The molecule has 0 spiro atoms. The minimum Gasteiger partial charge on any atom is -0.372 e. The zero-order chi connectivity index (χ0) is 21.9. The Bertz CT molecular complexity index is 805. The summed E-state index contributed by atoms with van der Waals surface area (Å²) in [6, 6.07) is 4.12. The largest absolute Gasteiger partial charge is 0.372 e. The first-order valence-corrected chi connectivity index (χ1v) is 11.5. The van der Waals surface area contributed by atoms with Crippen LogP contribution in [-0.2, 0) is 14.8 Å². The van der Waals surface area contributed by atoms with Gasteiger partial charge in [-0.3, -0.25) is 10.1 Å². The fourth-order valence-corrected chi connectivity index (χ4v) is 5.68. The van der Waals surface area contributed by atoms with Gasteiger partial charge in [-0.25, -0.2) is 8.42 Å². The molecule has 1 saturated heterocycles. The average molecular weight is 428 g/mol. The minimum atomic E-state index is -3.92. The van der Waals surface area contributed by atoms with E-state index in [-0.39, 0.29) is 34.6 Å². The van der Waals surface area contributed by atoms with Crippen LogP contribution in [0.15, 0.2) is 23.1 Å². The monoisotopic (exact) mass is 427 g/mol. The molecule has 1 aliphatic heterocycles. The van der Waals surface area contributed by atoms with Gasteiger partial charge in [-0.2, -0.15) is 4.31 Å². The van der Waals surface area contributed by atoms with Crippen LogP contribution in [0.1, 0.15) is 41.5 Å². The van der Waals surface area contributed by atoms with Gasteiger partial charge in [0.2, 0.25) is 10.0 Å². The standard InChI is InChI=1S/C20H33N3O5S/c1-14(2)10-22(11-15(3)4)29(26,27)20-9-18(23(24)25)7-8-19(20)21-12-16(5)28-17(6)13-21/h7-9,14-17H,10-13H2,1-6H3/t16-,17-/m0/s1. The fraction of sp³-hybridized carbons (Fsp3) is 0.700. The van der Waals surface area contributed by atoms with Crippen molar-refractivity contribution >= 4 is 21.4 Å². The highest BCUT2D eigenvalue weighted by molar-refractivity contribution is 7.89. The molecule has 1 fully saturated rings. The van der Waals surface area contributed by atoms with E-state index in [1.165, 1.54) is 16.4 Å². The van der Waals surface area contributed by atoms with Gasteiger partial charge in [0.15, 0.2) is 0 Å². The van der Waals surface area contributed by atoms with Gasteiger partial charge in [0.25, 0.3) is 5.69 Å². The summed E-state index contributed by atoms with van der Waals surface area (Å²) < 4.78 is 34.5. The van der Waals surface area contributed by atoms with Crippen LogP contribution in [0.2, 0.25) is 0 Å². The maximum Gasteiger partial charge on any atom is 0.270 e. The number of benzene rings is 1. The lowest BCUT2D eigenvalue weighted by molar-refractivity contribution is -0.385. The lowest BCUT2D eigenvalue weighted by atomic mass is 10.2. The van der Waals surface area contributed by atoms with E-state index in [0.717, 1.165) is 0 Å². The van der Waals surface area contributed by atoms with Crippen molar-refractivity contribution in [2.45, 2.75) is 58.6 Å². The Kier molecular flexibility index (Phi) is 7.64. The Morgan fingerprint density at radius 1 is 1.14 bits per heavy atom. The van der Waals surface area contributed by atoms with Crippen LogP contribution in [0.3, 0.4) is 0 Å². The molecule has 8 nitrogen and oxygen atoms in total. The molecule has 9 heteroatoms. The second-order valence-corrected chi connectivity index (χ2v) is 10.6. The number of rotatable bonds is 8. The first-order valence-electron chi connectivity index (χ1n) is 10.1. The van der Waals surface area contributed by atoms with Crippen LogP contribution < -0.4 is 4.90 Å². The number of nitro benzene ring substituents is 1. The van der Waals surface area contributed by atoms with Crippen molar-refractivity contribution in [3.05, 3.63) is 28.3 Å². The fourth-order valence-electron chi connectivity index (χ4n) is 3.68. The average Bonchev–Trinajstić information content (AvgIpc) is 2.58. The van der Waals surface area contributed by atoms with Crippen molar-refractivity contribution in [2.75, 3.05) is 31.1 Å². The molecule has 0 aliphatic carbocycles. The van der Waals surface area contributed by atoms with Gasteiger partial charge in [-0.15, -0.1) is 0 Å². The highest BCUT2D eigenvalue weighted by Gasteiger charge is 2.33. The van der Waals surface area contributed by atoms with Crippen molar-refractivity contribution < 1.29 is 18.1 Å². The number of sulfonamides is 1. The van der Waals surface area contributed by atoms with Crippen molar-refractivity contribution in [1.29, 1.82) is 0 Å². The topological polar surface area (TPSA) is 93.0 Å². The predicted molar refractivity (Wildman–Crippen MR) is 114 cm³/mol. The van der Waals surface area contributed by atoms with E-state index < -0.39 is 14.9 Å². The van der Waals surface area contributed by atoms with E-state index in [4.69, 9.17) is 4.74 Å². The molecular weight excluding hydrogens is 394 g/mol. The van der Waals surface area contributed by atoms with Crippen LogP contribution in [0.5, 0.6) is 0 Å². The minimum absolute atomic E-state index is 0.00528.